The molecule has 11 nitrogen and oxygen atoms in total. The van der Waals surface area contributed by atoms with E-state index >= 15 is 0 Å². The van der Waals surface area contributed by atoms with E-state index in [1.807, 2.05) is 49.6 Å². The van der Waals surface area contributed by atoms with Crippen LogP contribution in [0.15, 0.2) is 48.5 Å². The van der Waals surface area contributed by atoms with Crippen molar-refractivity contribution in [3.05, 3.63) is 59.9 Å². The average Bonchev–Trinajstić information content (AvgIpc) is 3.42. The third-order valence-electron chi connectivity index (χ3n) is 7.64. The summed E-state index contributed by atoms with van der Waals surface area (Å²) in [7, 11) is -4.47. The summed E-state index contributed by atoms with van der Waals surface area (Å²) in [5.74, 6) is -0.102. The summed E-state index contributed by atoms with van der Waals surface area (Å²) in [6, 6.07) is 10.0. The number of esters is 1. The number of ether oxygens (including phenoxy) is 2. The van der Waals surface area contributed by atoms with Gasteiger partial charge in [-0.25, -0.2) is 14.5 Å². The van der Waals surface area contributed by atoms with Gasteiger partial charge >= 0.3 is 19.9 Å². The molecule has 0 radical (unpaired) electrons. The zero-order chi connectivity index (χ0) is 35.3. The molecule has 0 amide bonds. The van der Waals surface area contributed by atoms with Crippen LogP contribution in [0, 0.1) is 0 Å². The lowest BCUT2D eigenvalue weighted by atomic mass is 9.94. The number of unbranched alkanes of at least 4 members (excludes halogenated alkanes) is 1. The van der Waals surface area contributed by atoms with Crippen molar-refractivity contribution in [3.63, 3.8) is 0 Å². The molecule has 0 spiro atoms. The summed E-state index contributed by atoms with van der Waals surface area (Å²) in [5.41, 5.74) is 6.37. The van der Waals surface area contributed by atoms with Gasteiger partial charge in [0.05, 0.1) is 34.8 Å². The van der Waals surface area contributed by atoms with Gasteiger partial charge in [0.2, 0.25) is 0 Å². The first-order valence-electron chi connectivity index (χ1n) is 15.8. The molecule has 2 aromatic carbocycles. The van der Waals surface area contributed by atoms with Crippen LogP contribution in [0.3, 0.4) is 0 Å². The molecule has 262 valence electrons. The van der Waals surface area contributed by atoms with Crippen LogP contribution in [0.5, 0.6) is 5.75 Å². The fourth-order valence-corrected chi connectivity index (χ4v) is 6.91. The average molecular weight is 694 g/mol. The summed E-state index contributed by atoms with van der Waals surface area (Å²) < 4.78 is 79.2. The van der Waals surface area contributed by atoms with Crippen LogP contribution in [0.2, 0.25) is 0 Å². The van der Waals surface area contributed by atoms with Crippen LogP contribution >= 0.6 is 7.75 Å². The topological polar surface area (TPSA) is 140 Å². The third kappa shape index (κ3) is 8.65. The smallest absolute Gasteiger partial charge is 0.459 e. The van der Waals surface area contributed by atoms with E-state index in [9.17, 15) is 22.5 Å². The number of hydrogen-bond acceptors (Lipinski definition) is 9. The Morgan fingerprint density at radius 1 is 1.06 bits per heavy atom. The van der Waals surface area contributed by atoms with Crippen LogP contribution < -0.4 is 15.3 Å². The highest BCUT2D eigenvalue weighted by Gasteiger charge is 2.39. The molecule has 0 saturated carbocycles. The van der Waals surface area contributed by atoms with E-state index in [0.717, 1.165) is 42.5 Å². The quantitative estimate of drug-likeness (QED) is 0.0884. The van der Waals surface area contributed by atoms with Crippen molar-refractivity contribution in [2.75, 3.05) is 18.9 Å². The fourth-order valence-electron chi connectivity index (χ4n) is 5.31. The Bertz CT molecular complexity index is 1760. The van der Waals surface area contributed by atoms with Crippen molar-refractivity contribution in [3.8, 4) is 5.75 Å². The standard InChI is InChI=1S/C33H43F3N5O6P/c1-7-9-18-32(6,41-27(19-44-8-2)39-28-29(41)25-12-10-11-13-26(25)38-30(28)37)20-45-48(43,40-22(5)31(42)46-21(3)4)47-24-16-14-23(15-17-24)33(34,35)36/h10-17,21-22H,7-9,18-20H2,1-6H3,(H2,37,38)(H,40,43)/t22-,32?,48-/m0/s1. The minimum atomic E-state index is -4.58. The Morgan fingerprint density at radius 3 is 2.38 bits per heavy atom. The number of halogens is 3. The second kappa shape index (κ2) is 15.2. The number of imidazole rings is 1. The van der Waals surface area contributed by atoms with Gasteiger partial charge < -0.3 is 24.3 Å². The van der Waals surface area contributed by atoms with Crippen molar-refractivity contribution in [1.29, 1.82) is 0 Å². The summed E-state index contributed by atoms with van der Waals surface area (Å²) >= 11 is 0. The molecule has 0 aliphatic carbocycles. The first kappa shape index (κ1) is 37.1. The van der Waals surface area contributed by atoms with Gasteiger partial charge in [0.15, 0.2) is 5.82 Å². The van der Waals surface area contributed by atoms with Crippen LogP contribution in [0.4, 0.5) is 19.0 Å². The van der Waals surface area contributed by atoms with E-state index in [0.29, 0.717) is 35.4 Å². The molecule has 0 saturated heterocycles. The molecular formula is C33H43F3N5O6P. The minimum absolute atomic E-state index is 0.136. The fraction of sp³-hybridized carbons (Fsp3) is 0.485. The lowest BCUT2D eigenvalue weighted by Gasteiger charge is -2.35. The van der Waals surface area contributed by atoms with Gasteiger partial charge in [-0.1, -0.05) is 38.0 Å². The number of carbonyl (C=O) groups excluding carboxylic acids is 1. The third-order valence-corrected chi connectivity index (χ3v) is 9.27. The molecule has 0 aliphatic rings. The predicted octanol–water partition coefficient (Wildman–Crippen LogP) is 7.76. The van der Waals surface area contributed by atoms with Gasteiger partial charge in [-0.15, -0.1) is 0 Å². The lowest BCUT2D eigenvalue weighted by Crippen LogP contribution is -2.40. The van der Waals surface area contributed by atoms with Gasteiger partial charge in [0.25, 0.3) is 0 Å². The van der Waals surface area contributed by atoms with Crippen molar-refractivity contribution in [2.45, 2.75) is 91.3 Å². The van der Waals surface area contributed by atoms with E-state index in [-0.39, 0.29) is 24.8 Å². The summed E-state index contributed by atoms with van der Waals surface area (Å²) in [5, 5.41) is 3.41. The molecule has 15 heteroatoms. The minimum Gasteiger partial charge on any atom is -0.462 e. The molecular weight excluding hydrogens is 650 g/mol. The Balaban J connectivity index is 1.81. The Morgan fingerprint density at radius 2 is 1.75 bits per heavy atom. The number of carbonyl (C=O) groups is 1. The SMILES string of the molecule is CCCCC(C)(CO[P@@](=O)(N[C@@H](C)C(=O)OC(C)C)Oc1ccc(C(F)(F)F)cc1)n1c(COCC)nc2c(N)nc3ccccc3c21. The Labute approximate surface area is 277 Å². The molecule has 4 aromatic rings. The highest BCUT2D eigenvalue weighted by atomic mass is 31.2. The molecule has 2 aromatic heterocycles. The highest BCUT2D eigenvalue weighted by molar-refractivity contribution is 7.52. The van der Waals surface area contributed by atoms with Gasteiger partial charge in [-0.05, 0) is 71.4 Å². The van der Waals surface area contributed by atoms with Crippen LogP contribution in [-0.2, 0) is 41.7 Å². The number of anilines is 1. The number of nitrogens with zero attached hydrogens (tertiary/aromatic N) is 3. The van der Waals surface area contributed by atoms with Crippen molar-refractivity contribution in [2.24, 2.45) is 0 Å². The van der Waals surface area contributed by atoms with E-state index < -0.39 is 43.1 Å². The molecule has 1 unspecified atom stereocenters. The molecule has 0 bridgehead atoms. The number of aromatic nitrogens is 3. The molecule has 2 heterocycles. The van der Waals surface area contributed by atoms with Gasteiger partial charge in [-0.3, -0.25) is 9.32 Å². The lowest BCUT2D eigenvalue weighted by molar-refractivity contribution is -0.149. The molecule has 3 N–H and O–H groups in total. The number of nitrogens with one attached hydrogen (secondary N) is 1. The van der Waals surface area contributed by atoms with Crippen molar-refractivity contribution in [1.82, 2.24) is 19.6 Å². The number of hydrogen-bond donors (Lipinski definition) is 2. The Kier molecular flexibility index (Phi) is 11.8. The van der Waals surface area contributed by atoms with Gasteiger partial charge in [0.1, 0.15) is 29.7 Å². The molecule has 3 atom stereocenters. The maximum Gasteiger partial charge on any atom is 0.459 e. The van der Waals surface area contributed by atoms with E-state index in [2.05, 4.69) is 10.1 Å². The number of alkyl halides is 3. The molecule has 4 rings (SSSR count). The normalized spacial score (nSPS) is 15.4. The van der Waals surface area contributed by atoms with Crippen molar-refractivity contribution >= 4 is 41.5 Å². The van der Waals surface area contributed by atoms with E-state index in [4.69, 9.17) is 29.2 Å². The summed E-state index contributed by atoms with van der Waals surface area (Å²) in [6.07, 6.45) is -2.95. The highest BCUT2D eigenvalue weighted by Crippen LogP contribution is 2.48. The number of fused-ring (bicyclic) bond motifs is 3. The van der Waals surface area contributed by atoms with E-state index in [1.54, 1.807) is 13.8 Å². The predicted molar refractivity (Wildman–Crippen MR) is 177 cm³/mol. The van der Waals surface area contributed by atoms with Gasteiger partial charge in [0, 0.05) is 12.0 Å². The monoisotopic (exact) mass is 693 g/mol. The molecule has 0 fully saturated rings. The maximum atomic E-state index is 14.5. The first-order valence-corrected chi connectivity index (χ1v) is 17.4. The maximum absolute atomic E-state index is 14.5. The molecule has 0 aliphatic heterocycles. The van der Waals surface area contributed by atoms with Gasteiger partial charge in [-0.2, -0.15) is 18.3 Å². The largest absolute Gasteiger partial charge is 0.462 e. The van der Waals surface area contributed by atoms with Crippen LogP contribution in [0.1, 0.15) is 72.2 Å². The second-order valence-electron chi connectivity index (χ2n) is 12.0. The number of nitrogen functional groups attached to an aromatic ring is 1. The summed E-state index contributed by atoms with van der Waals surface area (Å²) in [6.45, 7) is 10.9. The van der Waals surface area contributed by atoms with Crippen LogP contribution in [-0.4, -0.2) is 45.9 Å². The van der Waals surface area contributed by atoms with Crippen molar-refractivity contribution < 1.29 is 41.1 Å². The van der Waals surface area contributed by atoms with E-state index in [1.165, 1.54) is 6.92 Å². The second-order valence-corrected chi connectivity index (χ2v) is 13.7. The zero-order valence-corrected chi connectivity index (χ0v) is 28.9. The number of pyridine rings is 1. The number of benzene rings is 2. The number of para-hydroxylation sites is 1. The number of rotatable bonds is 16. The number of nitrogens with two attached hydrogens (primary N) is 1. The van der Waals surface area contributed by atoms with Crippen LogP contribution in [0.25, 0.3) is 21.9 Å². The molecule has 48 heavy (non-hydrogen) atoms. The Hall–Kier alpha value is -3.71. The first-order chi connectivity index (χ1) is 22.6. The summed E-state index contributed by atoms with van der Waals surface area (Å²) in [4.78, 5) is 22.1. The zero-order valence-electron chi connectivity index (χ0n) is 28.0.